The van der Waals surface area contributed by atoms with Crippen LogP contribution in [0.25, 0.3) is 0 Å². The Bertz CT molecular complexity index is 1150. The lowest BCUT2D eigenvalue weighted by Crippen LogP contribution is -2.50. The summed E-state index contributed by atoms with van der Waals surface area (Å²) in [5, 5.41) is 3.76. The number of aromatic nitrogens is 2. The summed E-state index contributed by atoms with van der Waals surface area (Å²) >= 11 is 6.05. The van der Waals surface area contributed by atoms with Crippen LogP contribution in [-0.2, 0) is 6.42 Å². The fourth-order valence-electron chi connectivity index (χ4n) is 4.14. The molecule has 0 atom stereocenters. The highest BCUT2D eigenvalue weighted by Gasteiger charge is 2.25. The Hall–Kier alpha value is -3.12. The third kappa shape index (κ3) is 5.45. The van der Waals surface area contributed by atoms with Crippen molar-refractivity contribution in [3.8, 4) is 0 Å². The van der Waals surface area contributed by atoms with Crippen molar-refractivity contribution < 1.29 is 4.79 Å². The lowest BCUT2D eigenvalue weighted by atomic mass is 10.0. The number of aryl methyl sites for hydroxylation is 4. The molecular formula is C26H30ClN5O. The number of carbonyl (C=O) groups is 1. The smallest absolute Gasteiger partial charge is 0.321 e. The van der Waals surface area contributed by atoms with E-state index in [9.17, 15) is 4.79 Å². The van der Waals surface area contributed by atoms with Gasteiger partial charge in [0.1, 0.15) is 11.6 Å². The van der Waals surface area contributed by atoms with E-state index in [4.69, 9.17) is 16.6 Å². The van der Waals surface area contributed by atoms with E-state index in [-0.39, 0.29) is 6.03 Å². The molecule has 2 amide bonds. The summed E-state index contributed by atoms with van der Waals surface area (Å²) in [4.78, 5) is 26.4. The van der Waals surface area contributed by atoms with E-state index >= 15 is 0 Å². The van der Waals surface area contributed by atoms with Gasteiger partial charge < -0.3 is 15.1 Å². The first-order valence-corrected chi connectivity index (χ1v) is 11.6. The van der Waals surface area contributed by atoms with E-state index in [1.807, 2.05) is 61.2 Å². The highest BCUT2D eigenvalue weighted by atomic mass is 35.5. The molecule has 1 aliphatic heterocycles. The normalized spacial score (nSPS) is 13.8. The summed E-state index contributed by atoms with van der Waals surface area (Å²) in [7, 11) is 0. The molecule has 0 saturated carbocycles. The maximum Gasteiger partial charge on any atom is 0.321 e. The zero-order chi connectivity index (χ0) is 23.5. The molecule has 172 valence electrons. The minimum atomic E-state index is -0.0608. The van der Waals surface area contributed by atoms with Gasteiger partial charge in [0.25, 0.3) is 0 Å². The molecule has 1 aromatic heterocycles. The van der Waals surface area contributed by atoms with Gasteiger partial charge in [0.2, 0.25) is 0 Å². The van der Waals surface area contributed by atoms with Crippen molar-refractivity contribution in [2.45, 2.75) is 34.1 Å². The quantitative estimate of drug-likeness (QED) is 0.569. The van der Waals surface area contributed by atoms with E-state index in [2.05, 4.69) is 29.0 Å². The van der Waals surface area contributed by atoms with Gasteiger partial charge in [-0.05, 0) is 68.7 Å². The Morgan fingerprint density at radius 1 is 0.939 bits per heavy atom. The summed E-state index contributed by atoms with van der Waals surface area (Å²) in [6.45, 7) is 10.8. The van der Waals surface area contributed by atoms with Gasteiger partial charge in [0, 0.05) is 54.6 Å². The molecule has 0 aliphatic carbocycles. The molecule has 2 heterocycles. The number of benzene rings is 2. The molecule has 6 nitrogen and oxygen atoms in total. The molecule has 3 aromatic rings. The van der Waals surface area contributed by atoms with Crippen LogP contribution in [0.1, 0.15) is 33.8 Å². The van der Waals surface area contributed by atoms with Gasteiger partial charge >= 0.3 is 6.03 Å². The fourth-order valence-corrected chi connectivity index (χ4v) is 4.26. The molecule has 1 N–H and O–H groups in total. The first kappa shape index (κ1) is 23.1. The van der Waals surface area contributed by atoms with Crippen molar-refractivity contribution in [3.05, 3.63) is 81.3 Å². The summed E-state index contributed by atoms with van der Waals surface area (Å²) in [6.07, 6.45) is 0.742. The Balaban J connectivity index is 1.46. The van der Waals surface area contributed by atoms with Crippen LogP contribution in [-0.4, -0.2) is 47.1 Å². The Morgan fingerprint density at radius 2 is 1.64 bits per heavy atom. The van der Waals surface area contributed by atoms with Crippen molar-refractivity contribution in [2.75, 3.05) is 36.4 Å². The van der Waals surface area contributed by atoms with Gasteiger partial charge in [0.05, 0.1) is 0 Å². The van der Waals surface area contributed by atoms with Gasteiger partial charge in [-0.3, -0.25) is 0 Å². The number of rotatable bonds is 4. The monoisotopic (exact) mass is 463 g/mol. The van der Waals surface area contributed by atoms with Crippen LogP contribution in [0.4, 0.5) is 16.3 Å². The standard InChI is InChI=1S/C26H30ClN5O/c1-17-5-10-23(15-18(17)2)30-26(33)32-13-11-31(12-14-32)25-24(19(3)28-20(4)29-25)16-21-6-8-22(27)9-7-21/h5-10,15H,11-14,16H2,1-4H3,(H,30,33). The summed E-state index contributed by atoms with van der Waals surface area (Å²) in [5.41, 5.74) is 6.49. The number of nitrogens with zero attached hydrogens (tertiary/aromatic N) is 4. The minimum Gasteiger partial charge on any atom is -0.353 e. The second kappa shape index (κ2) is 9.79. The van der Waals surface area contributed by atoms with Crippen LogP contribution in [0.15, 0.2) is 42.5 Å². The zero-order valence-electron chi connectivity index (χ0n) is 19.7. The molecule has 33 heavy (non-hydrogen) atoms. The first-order chi connectivity index (χ1) is 15.8. The van der Waals surface area contributed by atoms with Crippen LogP contribution in [0.2, 0.25) is 5.02 Å². The molecule has 1 saturated heterocycles. The Morgan fingerprint density at radius 3 is 2.30 bits per heavy atom. The molecule has 0 bridgehead atoms. The lowest BCUT2D eigenvalue weighted by Gasteiger charge is -2.36. The predicted molar refractivity (Wildman–Crippen MR) is 134 cm³/mol. The number of hydrogen-bond acceptors (Lipinski definition) is 4. The Labute approximate surface area is 200 Å². The number of halogens is 1. The average molecular weight is 464 g/mol. The molecule has 0 spiro atoms. The van der Waals surface area contributed by atoms with E-state index < -0.39 is 0 Å². The van der Waals surface area contributed by atoms with Crippen molar-refractivity contribution in [2.24, 2.45) is 0 Å². The van der Waals surface area contributed by atoms with E-state index in [0.717, 1.165) is 53.1 Å². The van der Waals surface area contributed by atoms with Gasteiger partial charge in [-0.15, -0.1) is 0 Å². The summed E-state index contributed by atoms with van der Waals surface area (Å²) in [5.74, 6) is 1.72. The molecule has 1 aliphatic rings. The maximum atomic E-state index is 12.8. The third-order valence-electron chi connectivity index (χ3n) is 6.22. The van der Waals surface area contributed by atoms with Crippen molar-refractivity contribution in [1.82, 2.24) is 14.9 Å². The maximum absolute atomic E-state index is 12.8. The highest BCUT2D eigenvalue weighted by Crippen LogP contribution is 2.26. The number of anilines is 2. The topological polar surface area (TPSA) is 61.4 Å². The summed E-state index contributed by atoms with van der Waals surface area (Å²) < 4.78 is 0. The van der Waals surface area contributed by atoms with Crippen molar-refractivity contribution in [1.29, 1.82) is 0 Å². The number of nitrogens with one attached hydrogen (secondary N) is 1. The van der Waals surface area contributed by atoms with Crippen molar-refractivity contribution >= 4 is 29.1 Å². The van der Waals surface area contributed by atoms with Crippen LogP contribution < -0.4 is 10.2 Å². The average Bonchev–Trinajstić information content (AvgIpc) is 2.79. The van der Waals surface area contributed by atoms with Crippen LogP contribution in [0, 0.1) is 27.7 Å². The van der Waals surface area contributed by atoms with Crippen LogP contribution in [0.5, 0.6) is 0 Å². The molecule has 4 rings (SSSR count). The predicted octanol–water partition coefficient (Wildman–Crippen LogP) is 5.31. The lowest BCUT2D eigenvalue weighted by molar-refractivity contribution is 0.208. The number of amides is 2. The van der Waals surface area contributed by atoms with Crippen molar-refractivity contribution in [3.63, 3.8) is 0 Å². The third-order valence-corrected chi connectivity index (χ3v) is 6.47. The summed E-state index contributed by atoms with van der Waals surface area (Å²) in [6, 6.07) is 13.8. The van der Waals surface area contributed by atoms with Gasteiger partial charge in [-0.2, -0.15) is 0 Å². The molecule has 0 unspecified atom stereocenters. The largest absolute Gasteiger partial charge is 0.353 e. The molecule has 1 fully saturated rings. The zero-order valence-corrected chi connectivity index (χ0v) is 20.4. The van der Waals surface area contributed by atoms with E-state index in [1.54, 1.807) is 0 Å². The van der Waals surface area contributed by atoms with E-state index in [1.165, 1.54) is 16.7 Å². The second-order valence-corrected chi connectivity index (χ2v) is 9.10. The number of hydrogen-bond donors (Lipinski definition) is 1. The number of carbonyl (C=O) groups excluding carboxylic acids is 1. The SMILES string of the molecule is Cc1nc(C)c(Cc2ccc(Cl)cc2)c(N2CCN(C(=O)Nc3ccc(C)c(C)c3)CC2)n1. The van der Waals surface area contributed by atoms with Gasteiger partial charge in [0.15, 0.2) is 0 Å². The minimum absolute atomic E-state index is 0.0608. The second-order valence-electron chi connectivity index (χ2n) is 8.66. The van der Waals surface area contributed by atoms with Gasteiger partial charge in [-0.1, -0.05) is 29.8 Å². The fraction of sp³-hybridized carbons (Fsp3) is 0.346. The highest BCUT2D eigenvalue weighted by molar-refractivity contribution is 6.30. The van der Waals surface area contributed by atoms with Crippen LogP contribution >= 0.6 is 11.6 Å². The Kier molecular flexibility index (Phi) is 6.84. The molecular weight excluding hydrogens is 434 g/mol. The number of urea groups is 1. The first-order valence-electron chi connectivity index (χ1n) is 11.3. The molecule has 7 heteroatoms. The number of piperazine rings is 1. The molecule has 0 radical (unpaired) electrons. The van der Waals surface area contributed by atoms with Crippen LogP contribution in [0.3, 0.4) is 0 Å². The molecule has 2 aromatic carbocycles. The van der Waals surface area contributed by atoms with E-state index in [0.29, 0.717) is 13.1 Å². The van der Waals surface area contributed by atoms with Gasteiger partial charge in [-0.25, -0.2) is 14.8 Å².